The van der Waals surface area contributed by atoms with E-state index < -0.39 is 0 Å². The second kappa shape index (κ2) is 10.0. The maximum atomic E-state index is 13.2. The van der Waals surface area contributed by atoms with Crippen molar-refractivity contribution in [3.63, 3.8) is 0 Å². The molecule has 3 N–H and O–H groups in total. The lowest BCUT2D eigenvalue weighted by Crippen LogP contribution is -2.18. The van der Waals surface area contributed by atoms with Crippen LogP contribution in [0.3, 0.4) is 0 Å². The van der Waals surface area contributed by atoms with Crippen LogP contribution in [0.15, 0.2) is 84.1 Å². The van der Waals surface area contributed by atoms with Crippen LogP contribution >= 0.6 is 0 Å². The number of nitrogens with one attached hydrogen (secondary N) is 3. The maximum Gasteiger partial charge on any atom is 0.255 e. The number of anilines is 2. The summed E-state index contributed by atoms with van der Waals surface area (Å²) in [6.07, 6.45) is 9.31. The second-order valence-electron chi connectivity index (χ2n) is 8.24. The van der Waals surface area contributed by atoms with Gasteiger partial charge in [0, 0.05) is 73.2 Å². The van der Waals surface area contributed by atoms with E-state index in [2.05, 4.69) is 15.6 Å². The summed E-state index contributed by atoms with van der Waals surface area (Å²) in [5.41, 5.74) is 4.20. The zero-order valence-corrected chi connectivity index (χ0v) is 19.7. The van der Waals surface area contributed by atoms with E-state index in [0.29, 0.717) is 11.4 Å². The Hall–Kier alpha value is -4.72. The summed E-state index contributed by atoms with van der Waals surface area (Å²) in [6.45, 7) is 1.90. The Kier molecular flexibility index (Phi) is 6.73. The quantitative estimate of drug-likeness (QED) is 0.212. The number of hydrogen-bond donors (Lipinski definition) is 3. The number of carbonyl (C=O) groups excluding carboxylic acids is 1. The summed E-state index contributed by atoms with van der Waals surface area (Å²) in [6, 6.07) is 14.5. The summed E-state index contributed by atoms with van der Waals surface area (Å²) in [4.78, 5) is 31.9. The topological polar surface area (TPSA) is 103 Å². The van der Waals surface area contributed by atoms with Crippen molar-refractivity contribution in [2.75, 3.05) is 24.7 Å². The number of aryl methyl sites for hydroxylation is 1. The first-order valence-corrected chi connectivity index (χ1v) is 11.0. The SMILES string of the molecule is Cc1ccc(-n2c(=O)ccc3cnc4ccc(N/C=C\C=N)cc4c32)cc1NC(=O)/C=C/N(C)C. The first kappa shape index (κ1) is 23.4. The van der Waals surface area contributed by atoms with Gasteiger partial charge in [-0.15, -0.1) is 0 Å². The van der Waals surface area contributed by atoms with Crippen molar-refractivity contribution in [2.24, 2.45) is 0 Å². The molecular weight excluding hydrogens is 440 g/mol. The van der Waals surface area contributed by atoms with Gasteiger partial charge in [0.2, 0.25) is 5.91 Å². The average molecular weight is 467 g/mol. The number of benzene rings is 2. The molecule has 0 saturated carbocycles. The lowest BCUT2D eigenvalue weighted by atomic mass is 10.1. The molecule has 0 bridgehead atoms. The number of aromatic nitrogens is 2. The smallest absolute Gasteiger partial charge is 0.255 e. The molecule has 35 heavy (non-hydrogen) atoms. The molecule has 2 aromatic carbocycles. The molecule has 0 aliphatic rings. The van der Waals surface area contributed by atoms with E-state index in [-0.39, 0.29) is 11.5 Å². The fourth-order valence-electron chi connectivity index (χ4n) is 3.72. The van der Waals surface area contributed by atoms with Gasteiger partial charge in [0.25, 0.3) is 5.56 Å². The van der Waals surface area contributed by atoms with Gasteiger partial charge < -0.3 is 20.9 Å². The van der Waals surface area contributed by atoms with Crippen LogP contribution in [0.25, 0.3) is 27.5 Å². The number of fused-ring (bicyclic) bond motifs is 3. The Morgan fingerprint density at radius 3 is 2.71 bits per heavy atom. The van der Waals surface area contributed by atoms with Crippen LogP contribution in [0, 0.1) is 12.3 Å². The van der Waals surface area contributed by atoms with E-state index in [9.17, 15) is 9.59 Å². The summed E-state index contributed by atoms with van der Waals surface area (Å²) in [5, 5.41) is 14.8. The molecule has 8 nitrogen and oxygen atoms in total. The number of rotatable bonds is 7. The van der Waals surface area contributed by atoms with Gasteiger partial charge in [-0.1, -0.05) is 6.07 Å². The van der Waals surface area contributed by atoms with Crippen molar-refractivity contribution in [1.82, 2.24) is 14.5 Å². The average Bonchev–Trinajstić information content (AvgIpc) is 2.84. The van der Waals surface area contributed by atoms with Crippen LogP contribution in [0.2, 0.25) is 0 Å². The molecule has 8 heteroatoms. The highest BCUT2D eigenvalue weighted by molar-refractivity contribution is 6.05. The number of carbonyl (C=O) groups is 1. The third-order valence-corrected chi connectivity index (χ3v) is 5.42. The minimum atomic E-state index is -0.257. The Bertz CT molecular complexity index is 1550. The molecule has 2 heterocycles. The Balaban J connectivity index is 1.88. The Labute approximate surface area is 202 Å². The van der Waals surface area contributed by atoms with Crippen molar-refractivity contribution >= 4 is 45.3 Å². The third-order valence-electron chi connectivity index (χ3n) is 5.42. The molecule has 0 saturated heterocycles. The van der Waals surface area contributed by atoms with Gasteiger partial charge >= 0.3 is 0 Å². The van der Waals surface area contributed by atoms with Gasteiger partial charge in [0.1, 0.15) is 0 Å². The monoisotopic (exact) mass is 466 g/mol. The number of nitrogens with zero attached hydrogens (tertiary/aromatic N) is 3. The van der Waals surface area contributed by atoms with Crippen molar-refractivity contribution in [1.29, 1.82) is 5.41 Å². The molecule has 176 valence electrons. The van der Waals surface area contributed by atoms with E-state index in [0.717, 1.165) is 33.1 Å². The van der Waals surface area contributed by atoms with Crippen LogP contribution in [0.1, 0.15) is 5.56 Å². The summed E-state index contributed by atoms with van der Waals surface area (Å²) < 4.78 is 1.64. The largest absolute Gasteiger partial charge is 0.383 e. The summed E-state index contributed by atoms with van der Waals surface area (Å²) >= 11 is 0. The Morgan fingerprint density at radius 2 is 1.94 bits per heavy atom. The van der Waals surface area contributed by atoms with Gasteiger partial charge in [0.05, 0.1) is 16.7 Å². The van der Waals surface area contributed by atoms with Crippen molar-refractivity contribution in [3.8, 4) is 5.69 Å². The van der Waals surface area contributed by atoms with E-state index >= 15 is 0 Å². The highest BCUT2D eigenvalue weighted by atomic mass is 16.1. The van der Waals surface area contributed by atoms with Crippen LogP contribution in [-0.4, -0.2) is 40.7 Å². The molecule has 4 aromatic rings. The minimum Gasteiger partial charge on any atom is -0.383 e. The van der Waals surface area contributed by atoms with Crippen LogP contribution < -0.4 is 16.2 Å². The molecule has 0 unspecified atom stereocenters. The van der Waals surface area contributed by atoms with Gasteiger partial charge in [0.15, 0.2) is 0 Å². The number of hydrogen-bond acceptors (Lipinski definition) is 6. The van der Waals surface area contributed by atoms with Crippen molar-refractivity contribution in [2.45, 2.75) is 6.92 Å². The van der Waals surface area contributed by atoms with E-state index in [1.807, 2.05) is 51.4 Å². The Morgan fingerprint density at radius 1 is 1.11 bits per heavy atom. The summed E-state index contributed by atoms with van der Waals surface area (Å²) in [5.74, 6) is -0.257. The van der Waals surface area contributed by atoms with Gasteiger partial charge in [-0.3, -0.25) is 19.1 Å². The maximum absolute atomic E-state index is 13.2. The predicted octanol–water partition coefficient (Wildman–Crippen LogP) is 4.44. The van der Waals surface area contributed by atoms with E-state index in [1.165, 1.54) is 18.4 Å². The second-order valence-corrected chi connectivity index (χ2v) is 8.24. The lowest BCUT2D eigenvalue weighted by Gasteiger charge is -2.15. The molecule has 2 aromatic heterocycles. The van der Waals surface area contributed by atoms with Gasteiger partial charge in [-0.2, -0.15) is 0 Å². The van der Waals surface area contributed by atoms with Crippen LogP contribution in [0.5, 0.6) is 0 Å². The molecule has 0 atom stereocenters. The first-order valence-electron chi connectivity index (χ1n) is 11.0. The van der Waals surface area contributed by atoms with Gasteiger partial charge in [-0.05, 0) is 55.0 Å². The highest BCUT2D eigenvalue weighted by Gasteiger charge is 2.13. The standard InChI is InChI=1S/C27H26N6O2/c1-18-5-8-21(16-24(18)31-25(34)11-14-32(2)3)33-26(35)10-6-19-17-30-23-9-7-20(29-13-4-12-28)15-22(23)27(19)33/h4-17,28-29H,1-3H3,(H,31,34)/b13-4-,14-11+,28-12?. The third kappa shape index (κ3) is 5.11. The highest BCUT2D eigenvalue weighted by Crippen LogP contribution is 2.28. The first-order chi connectivity index (χ1) is 16.9. The lowest BCUT2D eigenvalue weighted by molar-refractivity contribution is -0.112. The zero-order chi connectivity index (χ0) is 24.9. The van der Waals surface area contributed by atoms with Crippen molar-refractivity contribution in [3.05, 3.63) is 95.2 Å². The fourth-order valence-corrected chi connectivity index (χ4v) is 3.72. The molecule has 0 aliphatic heterocycles. The number of pyridine rings is 2. The summed E-state index contributed by atoms with van der Waals surface area (Å²) in [7, 11) is 3.68. The fraction of sp³-hybridized carbons (Fsp3) is 0.111. The van der Waals surface area contributed by atoms with Crippen molar-refractivity contribution < 1.29 is 4.79 Å². The predicted molar refractivity (Wildman–Crippen MR) is 143 cm³/mol. The molecule has 1 amide bonds. The van der Waals surface area contributed by atoms with Crippen LogP contribution in [-0.2, 0) is 4.79 Å². The van der Waals surface area contributed by atoms with E-state index in [4.69, 9.17) is 5.41 Å². The number of allylic oxidation sites excluding steroid dienone is 1. The molecule has 0 aliphatic carbocycles. The van der Waals surface area contributed by atoms with E-state index in [1.54, 1.807) is 46.3 Å². The molecule has 0 spiro atoms. The molecular formula is C27H26N6O2. The number of amides is 1. The minimum absolute atomic E-state index is 0.194. The normalized spacial score (nSPS) is 11.4. The molecule has 4 rings (SSSR count). The van der Waals surface area contributed by atoms with Gasteiger partial charge in [-0.25, -0.2) is 0 Å². The molecule has 0 fully saturated rings. The zero-order valence-electron chi connectivity index (χ0n) is 19.7. The van der Waals surface area contributed by atoms with Crippen LogP contribution in [0.4, 0.5) is 11.4 Å². The molecule has 0 radical (unpaired) electrons.